The van der Waals surface area contributed by atoms with Gasteiger partial charge >= 0.3 is 0 Å². The molecular formula is C14H28N2O4. The smallest absolute Gasteiger partial charge is 0.234 e. The summed E-state index contributed by atoms with van der Waals surface area (Å²) in [4.78, 5) is 13.9. The van der Waals surface area contributed by atoms with Crippen LogP contribution in [0.15, 0.2) is 0 Å². The number of ether oxygens (including phenoxy) is 2. The molecule has 0 aromatic heterocycles. The Labute approximate surface area is 121 Å². The third-order valence-corrected chi connectivity index (χ3v) is 3.28. The van der Waals surface area contributed by atoms with Crippen LogP contribution < -0.4 is 5.32 Å². The van der Waals surface area contributed by atoms with Crippen molar-refractivity contribution in [2.45, 2.75) is 45.4 Å². The molecule has 1 aliphatic heterocycles. The molecule has 6 heteroatoms. The minimum absolute atomic E-state index is 0.00260. The summed E-state index contributed by atoms with van der Waals surface area (Å²) in [5, 5.41) is 12.0. The Hall–Kier alpha value is -0.690. The maximum Gasteiger partial charge on any atom is 0.234 e. The van der Waals surface area contributed by atoms with Crippen molar-refractivity contribution < 1.29 is 19.4 Å². The van der Waals surface area contributed by atoms with Crippen molar-refractivity contribution in [1.29, 1.82) is 0 Å². The second-order valence-corrected chi connectivity index (χ2v) is 5.54. The van der Waals surface area contributed by atoms with E-state index in [1.54, 1.807) is 0 Å². The summed E-state index contributed by atoms with van der Waals surface area (Å²) in [6.07, 6.45) is 0.871. The van der Waals surface area contributed by atoms with Crippen molar-refractivity contribution in [3.8, 4) is 0 Å². The molecule has 0 aromatic rings. The average Bonchev–Trinajstić information content (AvgIpc) is 2.40. The molecule has 0 spiro atoms. The van der Waals surface area contributed by atoms with E-state index in [0.717, 1.165) is 6.42 Å². The van der Waals surface area contributed by atoms with E-state index in [9.17, 15) is 4.79 Å². The summed E-state index contributed by atoms with van der Waals surface area (Å²) in [6.45, 7) is 8.82. The standard InChI is InChI=1S/C14H28N2O4/c1-11(2)19-6-4-5-15-14(18)8-16-7-13(9-17)20-10-12(16)3/h11-13,17H,4-10H2,1-3H3,(H,15,18). The first-order valence-corrected chi connectivity index (χ1v) is 7.37. The monoisotopic (exact) mass is 288 g/mol. The second-order valence-electron chi connectivity index (χ2n) is 5.54. The Morgan fingerprint density at radius 1 is 1.55 bits per heavy atom. The van der Waals surface area contributed by atoms with Gasteiger partial charge in [0.1, 0.15) is 0 Å². The molecule has 1 amide bonds. The van der Waals surface area contributed by atoms with Crippen molar-refractivity contribution in [1.82, 2.24) is 10.2 Å². The maximum atomic E-state index is 11.9. The molecule has 0 radical (unpaired) electrons. The van der Waals surface area contributed by atoms with Gasteiger partial charge < -0.3 is 19.9 Å². The molecule has 20 heavy (non-hydrogen) atoms. The molecular weight excluding hydrogens is 260 g/mol. The Morgan fingerprint density at radius 3 is 2.95 bits per heavy atom. The van der Waals surface area contributed by atoms with Crippen molar-refractivity contribution in [2.24, 2.45) is 0 Å². The van der Waals surface area contributed by atoms with Gasteiger partial charge in [-0.15, -0.1) is 0 Å². The number of nitrogens with zero attached hydrogens (tertiary/aromatic N) is 1. The van der Waals surface area contributed by atoms with Crippen LogP contribution in [0.1, 0.15) is 27.2 Å². The lowest BCUT2D eigenvalue weighted by Crippen LogP contribution is -2.52. The predicted molar refractivity (Wildman–Crippen MR) is 76.6 cm³/mol. The fourth-order valence-corrected chi connectivity index (χ4v) is 2.07. The van der Waals surface area contributed by atoms with Gasteiger partial charge in [0.15, 0.2) is 0 Å². The largest absolute Gasteiger partial charge is 0.394 e. The lowest BCUT2D eigenvalue weighted by Gasteiger charge is -2.36. The van der Waals surface area contributed by atoms with E-state index >= 15 is 0 Å². The van der Waals surface area contributed by atoms with Gasteiger partial charge in [0.2, 0.25) is 5.91 Å². The van der Waals surface area contributed by atoms with Gasteiger partial charge in [-0.2, -0.15) is 0 Å². The van der Waals surface area contributed by atoms with Crippen LogP contribution in [0.2, 0.25) is 0 Å². The molecule has 2 unspecified atom stereocenters. The molecule has 0 aliphatic carbocycles. The highest BCUT2D eigenvalue weighted by Gasteiger charge is 2.26. The first kappa shape index (κ1) is 17.4. The van der Waals surface area contributed by atoms with Gasteiger partial charge in [-0.3, -0.25) is 9.69 Å². The molecule has 0 aromatic carbocycles. The van der Waals surface area contributed by atoms with Gasteiger partial charge in [0.05, 0.1) is 32.0 Å². The minimum Gasteiger partial charge on any atom is -0.394 e. The SMILES string of the molecule is CC(C)OCCCNC(=O)CN1CC(CO)OCC1C. The van der Waals surface area contributed by atoms with Crippen molar-refractivity contribution in [3.05, 3.63) is 0 Å². The summed E-state index contributed by atoms with van der Waals surface area (Å²) < 4.78 is 10.9. The first-order valence-electron chi connectivity index (χ1n) is 7.37. The zero-order chi connectivity index (χ0) is 15.0. The maximum absolute atomic E-state index is 11.9. The molecule has 1 saturated heterocycles. The Balaban J connectivity index is 2.17. The van der Waals surface area contributed by atoms with E-state index in [2.05, 4.69) is 5.32 Å². The summed E-state index contributed by atoms with van der Waals surface area (Å²) in [5.41, 5.74) is 0. The fraction of sp³-hybridized carbons (Fsp3) is 0.929. The summed E-state index contributed by atoms with van der Waals surface area (Å²) in [6, 6.07) is 0.202. The topological polar surface area (TPSA) is 71.0 Å². The third-order valence-electron chi connectivity index (χ3n) is 3.28. The normalized spacial score (nSPS) is 24.1. The average molecular weight is 288 g/mol. The van der Waals surface area contributed by atoms with Gasteiger partial charge in [-0.25, -0.2) is 0 Å². The second kappa shape index (κ2) is 9.28. The molecule has 1 fully saturated rings. The van der Waals surface area contributed by atoms with Crippen LogP contribution in [0.4, 0.5) is 0 Å². The van der Waals surface area contributed by atoms with E-state index in [1.165, 1.54) is 0 Å². The first-order chi connectivity index (χ1) is 9.52. The molecule has 2 atom stereocenters. The molecule has 118 valence electrons. The molecule has 2 N–H and O–H groups in total. The number of hydrogen-bond acceptors (Lipinski definition) is 5. The van der Waals surface area contributed by atoms with E-state index < -0.39 is 0 Å². The number of morpholine rings is 1. The van der Waals surface area contributed by atoms with Crippen molar-refractivity contribution >= 4 is 5.91 Å². The molecule has 1 aliphatic rings. The zero-order valence-corrected chi connectivity index (χ0v) is 12.8. The van der Waals surface area contributed by atoms with Gasteiger partial charge in [0, 0.05) is 25.7 Å². The molecule has 6 nitrogen and oxygen atoms in total. The van der Waals surface area contributed by atoms with Crippen LogP contribution in [0.5, 0.6) is 0 Å². The highest BCUT2D eigenvalue weighted by Crippen LogP contribution is 2.10. The minimum atomic E-state index is -0.182. The van der Waals surface area contributed by atoms with Crippen LogP contribution in [0.3, 0.4) is 0 Å². The van der Waals surface area contributed by atoms with Gasteiger partial charge in [-0.1, -0.05) is 0 Å². The zero-order valence-electron chi connectivity index (χ0n) is 12.8. The third kappa shape index (κ3) is 6.65. The fourth-order valence-electron chi connectivity index (χ4n) is 2.07. The van der Waals surface area contributed by atoms with E-state index in [1.807, 2.05) is 25.7 Å². The van der Waals surface area contributed by atoms with E-state index in [0.29, 0.717) is 32.8 Å². The Morgan fingerprint density at radius 2 is 2.30 bits per heavy atom. The molecule has 1 heterocycles. The van der Waals surface area contributed by atoms with Crippen LogP contribution in [0, 0.1) is 0 Å². The number of amides is 1. The Kier molecular flexibility index (Phi) is 8.06. The summed E-state index contributed by atoms with van der Waals surface area (Å²) in [5.74, 6) is 0.0139. The van der Waals surface area contributed by atoms with E-state index in [4.69, 9.17) is 14.6 Å². The van der Waals surface area contributed by atoms with Gasteiger partial charge in [-0.05, 0) is 27.2 Å². The predicted octanol–water partition coefficient (Wildman–Crippen LogP) is -0.000700. The van der Waals surface area contributed by atoms with Crippen LogP contribution in [0.25, 0.3) is 0 Å². The number of nitrogens with one attached hydrogen (secondary N) is 1. The summed E-state index contributed by atoms with van der Waals surface area (Å²) in [7, 11) is 0. The highest BCUT2D eigenvalue weighted by molar-refractivity contribution is 5.78. The highest BCUT2D eigenvalue weighted by atomic mass is 16.5. The number of carbonyl (C=O) groups is 1. The lowest BCUT2D eigenvalue weighted by molar-refractivity contribution is -0.127. The van der Waals surface area contributed by atoms with Crippen molar-refractivity contribution in [3.63, 3.8) is 0 Å². The summed E-state index contributed by atoms with van der Waals surface area (Å²) >= 11 is 0. The van der Waals surface area contributed by atoms with Crippen molar-refractivity contribution in [2.75, 3.05) is 39.5 Å². The number of carbonyl (C=O) groups excluding carboxylic acids is 1. The molecule has 0 bridgehead atoms. The lowest BCUT2D eigenvalue weighted by atomic mass is 10.2. The number of aliphatic hydroxyl groups is 1. The number of aliphatic hydroxyl groups excluding tert-OH is 1. The quantitative estimate of drug-likeness (QED) is 0.615. The molecule has 1 rings (SSSR count). The Bertz CT molecular complexity index is 286. The van der Waals surface area contributed by atoms with Crippen LogP contribution >= 0.6 is 0 Å². The van der Waals surface area contributed by atoms with Crippen LogP contribution in [-0.4, -0.2) is 73.6 Å². The number of hydrogen-bond donors (Lipinski definition) is 2. The molecule has 0 saturated carbocycles. The van der Waals surface area contributed by atoms with Gasteiger partial charge in [0.25, 0.3) is 0 Å². The van der Waals surface area contributed by atoms with Crippen LogP contribution in [-0.2, 0) is 14.3 Å². The number of rotatable bonds is 8. The van der Waals surface area contributed by atoms with E-state index in [-0.39, 0.29) is 30.8 Å².